The Morgan fingerprint density at radius 1 is 0.892 bits per heavy atom. The smallest absolute Gasteiger partial charge is 0.337 e. The molecule has 1 aliphatic rings. The van der Waals surface area contributed by atoms with Crippen LogP contribution in [0, 0.1) is 0 Å². The Morgan fingerprint density at radius 3 is 2.14 bits per heavy atom. The zero-order valence-electron chi connectivity index (χ0n) is 20.9. The van der Waals surface area contributed by atoms with Crippen LogP contribution < -0.4 is 14.4 Å². The molecular weight excluding hydrogens is 474 g/mol. The minimum Gasteiger partial charge on any atom is -0.507 e. The van der Waals surface area contributed by atoms with Crippen LogP contribution in [0.1, 0.15) is 41.4 Å². The average Bonchev–Trinajstić information content (AvgIpc) is 3.18. The molecule has 0 aromatic heterocycles. The molecule has 1 N–H and O–H groups in total. The first-order valence-electron chi connectivity index (χ1n) is 11.7. The van der Waals surface area contributed by atoms with Crippen LogP contribution in [0.3, 0.4) is 0 Å². The number of rotatable bonds is 7. The van der Waals surface area contributed by atoms with Crippen LogP contribution in [0.15, 0.2) is 78.4 Å². The van der Waals surface area contributed by atoms with E-state index in [4.69, 9.17) is 14.2 Å². The lowest BCUT2D eigenvalue weighted by Crippen LogP contribution is -2.29. The van der Waals surface area contributed by atoms with Crippen molar-refractivity contribution in [3.05, 3.63) is 95.1 Å². The Kier molecular flexibility index (Phi) is 7.29. The number of anilines is 1. The lowest BCUT2D eigenvalue weighted by molar-refractivity contribution is -0.132. The molecule has 0 saturated carbocycles. The SMILES string of the molecule is COC(=O)c1cccc(N2C(=O)C(=O)/C(=C(/O)c3ccc(OC(C)C)cc3)C2c2ccc(OC)cc2)c1. The maximum atomic E-state index is 13.4. The van der Waals surface area contributed by atoms with Crippen LogP contribution >= 0.6 is 0 Å². The number of ketones is 1. The molecule has 190 valence electrons. The maximum Gasteiger partial charge on any atom is 0.337 e. The van der Waals surface area contributed by atoms with Crippen molar-refractivity contribution in [2.24, 2.45) is 0 Å². The number of ether oxygens (including phenoxy) is 3. The van der Waals surface area contributed by atoms with Crippen molar-refractivity contribution in [2.75, 3.05) is 19.1 Å². The molecule has 4 rings (SSSR count). The van der Waals surface area contributed by atoms with Gasteiger partial charge in [0, 0.05) is 11.3 Å². The van der Waals surface area contributed by atoms with Gasteiger partial charge in [-0.3, -0.25) is 14.5 Å². The summed E-state index contributed by atoms with van der Waals surface area (Å²) in [5, 5.41) is 11.3. The Morgan fingerprint density at radius 2 is 1.54 bits per heavy atom. The minimum absolute atomic E-state index is 0.0272. The molecule has 1 fully saturated rings. The lowest BCUT2D eigenvalue weighted by Gasteiger charge is -2.26. The van der Waals surface area contributed by atoms with E-state index >= 15 is 0 Å². The number of benzene rings is 3. The van der Waals surface area contributed by atoms with Gasteiger partial charge in [0.1, 0.15) is 17.3 Å². The Bertz CT molecular complexity index is 1360. The predicted molar refractivity (Wildman–Crippen MR) is 138 cm³/mol. The summed E-state index contributed by atoms with van der Waals surface area (Å²) in [7, 11) is 2.79. The summed E-state index contributed by atoms with van der Waals surface area (Å²) in [4.78, 5) is 40.1. The summed E-state index contributed by atoms with van der Waals surface area (Å²) in [6.07, 6.45) is -0.0272. The number of aliphatic hydroxyl groups is 1. The van der Waals surface area contributed by atoms with Gasteiger partial charge < -0.3 is 19.3 Å². The van der Waals surface area contributed by atoms with E-state index in [2.05, 4.69) is 0 Å². The second kappa shape index (κ2) is 10.6. The minimum atomic E-state index is -0.953. The number of nitrogens with zero attached hydrogens (tertiary/aromatic N) is 1. The number of esters is 1. The van der Waals surface area contributed by atoms with E-state index < -0.39 is 23.7 Å². The van der Waals surface area contributed by atoms with E-state index in [0.717, 1.165) is 0 Å². The van der Waals surface area contributed by atoms with Gasteiger partial charge in [0.05, 0.1) is 37.5 Å². The molecule has 0 radical (unpaired) electrons. The van der Waals surface area contributed by atoms with Crippen molar-refractivity contribution in [2.45, 2.75) is 26.0 Å². The number of methoxy groups -OCH3 is 2. The zero-order valence-corrected chi connectivity index (χ0v) is 20.9. The summed E-state index contributed by atoms with van der Waals surface area (Å²) in [5.41, 5.74) is 1.39. The van der Waals surface area contributed by atoms with Crippen molar-refractivity contribution < 1.29 is 33.7 Å². The Balaban J connectivity index is 1.87. The number of hydrogen-bond donors (Lipinski definition) is 1. The molecule has 0 spiro atoms. The number of hydrogen-bond acceptors (Lipinski definition) is 7. The highest BCUT2D eigenvalue weighted by atomic mass is 16.5. The summed E-state index contributed by atoms with van der Waals surface area (Å²) in [6, 6.07) is 18.8. The van der Waals surface area contributed by atoms with Crippen LogP contribution in [-0.2, 0) is 14.3 Å². The second-order valence-corrected chi connectivity index (χ2v) is 8.68. The third-order valence-corrected chi connectivity index (χ3v) is 5.92. The molecule has 1 heterocycles. The van der Waals surface area contributed by atoms with E-state index in [1.807, 2.05) is 13.8 Å². The third-order valence-electron chi connectivity index (χ3n) is 5.92. The molecular formula is C29H27NO7. The summed E-state index contributed by atoms with van der Waals surface area (Å²) in [6.45, 7) is 3.80. The van der Waals surface area contributed by atoms with E-state index in [0.29, 0.717) is 28.3 Å². The first kappa shape index (κ1) is 25.5. The van der Waals surface area contributed by atoms with Crippen molar-refractivity contribution in [3.8, 4) is 11.5 Å². The molecule has 1 saturated heterocycles. The van der Waals surface area contributed by atoms with Gasteiger partial charge in [-0.05, 0) is 74.0 Å². The average molecular weight is 502 g/mol. The highest BCUT2D eigenvalue weighted by Gasteiger charge is 2.47. The lowest BCUT2D eigenvalue weighted by atomic mass is 9.95. The Hall–Kier alpha value is -4.59. The van der Waals surface area contributed by atoms with E-state index in [9.17, 15) is 19.5 Å². The zero-order chi connectivity index (χ0) is 26.7. The molecule has 8 heteroatoms. The van der Waals surface area contributed by atoms with Gasteiger partial charge in [-0.25, -0.2) is 4.79 Å². The van der Waals surface area contributed by atoms with Gasteiger partial charge in [0.15, 0.2) is 0 Å². The number of Topliss-reactive ketones (excluding diaryl/α,β-unsaturated/α-hetero) is 1. The van der Waals surface area contributed by atoms with Crippen LogP contribution in [-0.4, -0.2) is 43.1 Å². The number of aliphatic hydroxyl groups excluding tert-OH is 1. The molecule has 1 atom stereocenters. The van der Waals surface area contributed by atoms with Crippen molar-refractivity contribution >= 4 is 29.1 Å². The fourth-order valence-electron chi connectivity index (χ4n) is 4.22. The first-order chi connectivity index (χ1) is 17.7. The van der Waals surface area contributed by atoms with Crippen molar-refractivity contribution in [3.63, 3.8) is 0 Å². The number of carbonyl (C=O) groups is 3. The van der Waals surface area contributed by atoms with Crippen molar-refractivity contribution in [1.29, 1.82) is 0 Å². The standard InChI is InChI=1S/C29H27NO7/c1-17(2)37-23-14-10-19(11-15-23)26(31)24-25(18-8-12-22(35-3)13-9-18)30(28(33)27(24)32)21-7-5-6-20(16-21)29(34)36-4/h5-17,25,31H,1-4H3/b26-24+. The molecule has 3 aromatic carbocycles. The molecule has 37 heavy (non-hydrogen) atoms. The van der Waals surface area contributed by atoms with Gasteiger partial charge in [-0.1, -0.05) is 18.2 Å². The van der Waals surface area contributed by atoms with Gasteiger partial charge in [0.2, 0.25) is 0 Å². The summed E-state index contributed by atoms with van der Waals surface area (Å²) >= 11 is 0. The fraction of sp³-hybridized carbons (Fsp3) is 0.207. The van der Waals surface area contributed by atoms with Crippen LogP contribution in [0.4, 0.5) is 5.69 Å². The summed E-state index contributed by atoms with van der Waals surface area (Å²) in [5.74, 6) is -1.37. The first-order valence-corrected chi connectivity index (χ1v) is 11.7. The molecule has 0 bridgehead atoms. The van der Waals surface area contributed by atoms with Gasteiger partial charge in [-0.15, -0.1) is 0 Å². The van der Waals surface area contributed by atoms with E-state index in [1.54, 1.807) is 66.7 Å². The highest BCUT2D eigenvalue weighted by molar-refractivity contribution is 6.51. The van der Waals surface area contributed by atoms with Crippen LogP contribution in [0.25, 0.3) is 5.76 Å². The number of amides is 1. The predicted octanol–water partition coefficient (Wildman–Crippen LogP) is 4.90. The molecule has 0 aliphatic carbocycles. The van der Waals surface area contributed by atoms with Gasteiger partial charge in [-0.2, -0.15) is 0 Å². The van der Waals surface area contributed by atoms with Crippen molar-refractivity contribution in [1.82, 2.24) is 0 Å². The maximum absolute atomic E-state index is 13.4. The Labute approximate surface area is 214 Å². The van der Waals surface area contributed by atoms with Gasteiger partial charge in [0.25, 0.3) is 11.7 Å². The molecule has 8 nitrogen and oxygen atoms in total. The molecule has 3 aromatic rings. The monoisotopic (exact) mass is 501 g/mol. The summed E-state index contributed by atoms with van der Waals surface area (Å²) < 4.78 is 15.7. The second-order valence-electron chi connectivity index (χ2n) is 8.68. The van der Waals surface area contributed by atoms with E-state index in [1.165, 1.54) is 25.2 Å². The van der Waals surface area contributed by atoms with Crippen LogP contribution in [0.5, 0.6) is 11.5 Å². The fourth-order valence-corrected chi connectivity index (χ4v) is 4.22. The highest BCUT2D eigenvalue weighted by Crippen LogP contribution is 2.42. The van der Waals surface area contributed by atoms with Gasteiger partial charge >= 0.3 is 5.97 Å². The molecule has 1 amide bonds. The van der Waals surface area contributed by atoms with Crippen LogP contribution in [0.2, 0.25) is 0 Å². The number of carbonyl (C=O) groups excluding carboxylic acids is 3. The quantitative estimate of drug-likeness (QED) is 0.213. The normalized spacial score (nSPS) is 16.7. The molecule has 1 unspecified atom stereocenters. The topological polar surface area (TPSA) is 102 Å². The largest absolute Gasteiger partial charge is 0.507 e. The molecule has 1 aliphatic heterocycles. The third kappa shape index (κ3) is 5.04. The van der Waals surface area contributed by atoms with E-state index in [-0.39, 0.29) is 23.0 Å².